The van der Waals surface area contributed by atoms with Crippen molar-refractivity contribution in [2.45, 2.75) is 32.9 Å². The smallest absolute Gasteiger partial charge is 0.157 e. The fourth-order valence-corrected chi connectivity index (χ4v) is 3.05. The molecule has 0 aliphatic carbocycles. The van der Waals surface area contributed by atoms with Gasteiger partial charge in [0.15, 0.2) is 11.6 Å². The van der Waals surface area contributed by atoms with Crippen LogP contribution >= 0.6 is 0 Å². The van der Waals surface area contributed by atoms with Crippen LogP contribution in [-0.4, -0.2) is 47.1 Å². The number of benzene rings is 1. The molecular weight excluding hydrogens is 312 g/mol. The molecule has 3 rings (SSSR count). The van der Waals surface area contributed by atoms with Crippen molar-refractivity contribution in [3.8, 4) is 0 Å². The van der Waals surface area contributed by atoms with Crippen molar-refractivity contribution in [1.29, 1.82) is 0 Å². The Bertz CT molecular complexity index is 667. The van der Waals surface area contributed by atoms with Crippen LogP contribution in [-0.2, 0) is 6.54 Å². The van der Waals surface area contributed by atoms with E-state index in [2.05, 4.69) is 69.3 Å². The van der Waals surface area contributed by atoms with Crippen LogP contribution in [0, 0.1) is 0 Å². The first-order valence-corrected chi connectivity index (χ1v) is 9.05. The largest absolute Gasteiger partial charge is 0.393 e. The molecule has 2 heterocycles. The first-order chi connectivity index (χ1) is 12.2. The molecule has 1 aliphatic rings. The molecule has 1 fully saturated rings. The van der Waals surface area contributed by atoms with Gasteiger partial charge in [-0.1, -0.05) is 37.3 Å². The predicted octanol–water partition coefficient (Wildman–Crippen LogP) is 2.59. The van der Waals surface area contributed by atoms with Crippen molar-refractivity contribution in [3.63, 3.8) is 0 Å². The summed E-state index contributed by atoms with van der Waals surface area (Å²) in [5, 5.41) is 3.37. The van der Waals surface area contributed by atoms with Gasteiger partial charge in [0.1, 0.15) is 12.0 Å². The van der Waals surface area contributed by atoms with Crippen LogP contribution in [0.1, 0.15) is 25.8 Å². The molecule has 0 bridgehead atoms. The Kier molecular flexibility index (Phi) is 5.71. The van der Waals surface area contributed by atoms with Crippen LogP contribution in [0.5, 0.6) is 0 Å². The van der Waals surface area contributed by atoms with Crippen LogP contribution in [0.3, 0.4) is 0 Å². The Morgan fingerprint density at radius 1 is 1.12 bits per heavy atom. The molecule has 2 aromatic rings. The van der Waals surface area contributed by atoms with Gasteiger partial charge < -0.3 is 16.0 Å². The average Bonchev–Trinajstić information content (AvgIpc) is 2.65. The second kappa shape index (κ2) is 8.16. The Morgan fingerprint density at radius 2 is 1.84 bits per heavy atom. The standard InChI is InChI=1S/C19H28N6/c1-3-15(2)23-18-17(20)19(22-14-21-18)25-11-9-24(10-12-25)13-16-7-5-4-6-8-16/h4-8,14-15H,3,9-13,20H2,1-2H3,(H,21,22,23). The van der Waals surface area contributed by atoms with Gasteiger partial charge in [-0.2, -0.15) is 0 Å². The lowest BCUT2D eigenvalue weighted by Crippen LogP contribution is -2.46. The van der Waals surface area contributed by atoms with Gasteiger partial charge in [-0.25, -0.2) is 9.97 Å². The number of hydrogen-bond acceptors (Lipinski definition) is 6. The van der Waals surface area contributed by atoms with Crippen molar-refractivity contribution in [2.24, 2.45) is 0 Å². The summed E-state index contributed by atoms with van der Waals surface area (Å²) in [5.74, 6) is 1.59. The lowest BCUT2D eigenvalue weighted by Gasteiger charge is -2.36. The molecule has 1 aromatic carbocycles. The zero-order valence-corrected chi connectivity index (χ0v) is 15.2. The number of nitrogens with zero attached hydrogens (tertiary/aromatic N) is 4. The van der Waals surface area contributed by atoms with Crippen molar-refractivity contribution < 1.29 is 0 Å². The maximum Gasteiger partial charge on any atom is 0.157 e. The molecule has 6 nitrogen and oxygen atoms in total. The summed E-state index contributed by atoms with van der Waals surface area (Å²) < 4.78 is 0. The summed E-state index contributed by atoms with van der Waals surface area (Å²) in [5.41, 5.74) is 8.34. The average molecular weight is 340 g/mol. The van der Waals surface area contributed by atoms with Crippen LogP contribution in [0.15, 0.2) is 36.7 Å². The molecular formula is C19H28N6. The molecule has 1 aromatic heterocycles. The number of nitrogen functional groups attached to an aromatic ring is 1. The van der Waals surface area contributed by atoms with Crippen molar-refractivity contribution >= 4 is 17.3 Å². The highest BCUT2D eigenvalue weighted by atomic mass is 15.3. The summed E-state index contributed by atoms with van der Waals surface area (Å²) in [6.45, 7) is 9.13. The molecule has 134 valence electrons. The number of hydrogen-bond donors (Lipinski definition) is 2. The van der Waals surface area contributed by atoms with Crippen molar-refractivity contribution in [2.75, 3.05) is 42.1 Å². The number of nitrogens with one attached hydrogen (secondary N) is 1. The monoisotopic (exact) mass is 340 g/mol. The molecule has 1 aliphatic heterocycles. The van der Waals surface area contributed by atoms with E-state index in [-0.39, 0.29) is 0 Å². The SMILES string of the molecule is CCC(C)Nc1ncnc(N2CCN(Cc3ccccc3)CC2)c1N. The zero-order valence-electron chi connectivity index (χ0n) is 15.2. The van der Waals surface area contributed by atoms with Gasteiger partial charge in [-0.05, 0) is 18.9 Å². The third-order valence-electron chi connectivity index (χ3n) is 4.78. The molecule has 0 amide bonds. The fourth-order valence-electron chi connectivity index (χ4n) is 3.05. The second-order valence-corrected chi connectivity index (χ2v) is 6.66. The third-order valence-corrected chi connectivity index (χ3v) is 4.78. The number of piperazine rings is 1. The molecule has 1 saturated heterocycles. The summed E-state index contributed by atoms with van der Waals surface area (Å²) in [4.78, 5) is 13.5. The van der Waals surface area contributed by atoms with Gasteiger partial charge in [0.05, 0.1) is 0 Å². The quantitative estimate of drug-likeness (QED) is 0.842. The van der Waals surface area contributed by atoms with Crippen molar-refractivity contribution in [1.82, 2.24) is 14.9 Å². The fraction of sp³-hybridized carbons (Fsp3) is 0.474. The molecule has 25 heavy (non-hydrogen) atoms. The zero-order chi connectivity index (χ0) is 17.6. The third kappa shape index (κ3) is 4.39. The maximum absolute atomic E-state index is 6.33. The van der Waals surface area contributed by atoms with Gasteiger partial charge in [0.25, 0.3) is 0 Å². The molecule has 1 atom stereocenters. The molecule has 0 radical (unpaired) electrons. The second-order valence-electron chi connectivity index (χ2n) is 6.66. The minimum atomic E-state index is 0.341. The molecule has 0 saturated carbocycles. The van der Waals surface area contributed by atoms with Gasteiger partial charge in [0.2, 0.25) is 0 Å². The lowest BCUT2D eigenvalue weighted by molar-refractivity contribution is 0.249. The summed E-state index contributed by atoms with van der Waals surface area (Å²) >= 11 is 0. The van der Waals surface area contributed by atoms with Crippen LogP contribution in [0.4, 0.5) is 17.3 Å². The predicted molar refractivity (Wildman–Crippen MR) is 104 cm³/mol. The lowest BCUT2D eigenvalue weighted by atomic mass is 10.2. The summed E-state index contributed by atoms with van der Waals surface area (Å²) in [7, 11) is 0. The minimum Gasteiger partial charge on any atom is -0.393 e. The van der Waals surface area contributed by atoms with E-state index >= 15 is 0 Å². The normalized spacial score (nSPS) is 16.6. The van der Waals surface area contributed by atoms with E-state index in [1.807, 2.05) is 0 Å². The number of anilines is 3. The molecule has 3 N–H and O–H groups in total. The van der Waals surface area contributed by atoms with Gasteiger partial charge in [-0.3, -0.25) is 4.90 Å². The van der Waals surface area contributed by atoms with Gasteiger partial charge in [-0.15, -0.1) is 0 Å². The van der Waals surface area contributed by atoms with Gasteiger partial charge >= 0.3 is 0 Å². The molecule has 0 spiro atoms. The number of rotatable bonds is 6. The van der Waals surface area contributed by atoms with Gasteiger partial charge in [0, 0.05) is 38.8 Å². The molecule has 6 heteroatoms. The minimum absolute atomic E-state index is 0.341. The maximum atomic E-state index is 6.33. The van der Waals surface area contributed by atoms with Crippen LogP contribution < -0.4 is 16.0 Å². The van der Waals surface area contributed by atoms with E-state index in [9.17, 15) is 0 Å². The van der Waals surface area contributed by atoms with Crippen LogP contribution in [0.25, 0.3) is 0 Å². The topological polar surface area (TPSA) is 70.3 Å². The van der Waals surface area contributed by atoms with E-state index in [0.29, 0.717) is 11.7 Å². The van der Waals surface area contributed by atoms with Crippen LogP contribution in [0.2, 0.25) is 0 Å². The Hall–Kier alpha value is -2.34. The van der Waals surface area contributed by atoms with E-state index in [1.54, 1.807) is 6.33 Å². The van der Waals surface area contributed by atoms with E-state index < -0.39 is 0 Å². The van der Waals surface area contributed by atoms with E-state index in [4.69, 9.17) is 5.73 Å². The first-order valence-electron chi connectivity index (χ1n) is 9.05. The molecule has 1 unspecified atom stereocenters. The number of nitrogens with two attached hydrogens (primary N) is 1. The number of aromatic nitrogens is 2. The first kappa shape index (κ1) is 17.5. The Balaban J connectivity index is 1.62. The van der Waals surface area contributed by atoms with Crippen molar-refractivity contribution in [3.05, 3.63) is 42.2 Å². The van der Waals surface area contributed by atoms with E-state index in [1.165, 1.54) is 5.56 Å². The Morgan fingerprint density at radius 3 is 2.52 bits per heavy atom. The Labute approximate surface area is 150 Å². The summed E-state index contributed by atoms with van der Waals surface area (Å²) in [6.07, 6.45) is 2.63. The summed E-state index contributed by atoms with van der Waals surface area (Å²) in [6, 6.07) is 11.0. The highest BCUT2D eigenvalue weighted by molar-refractivity contribution is 5.75. The van der Waals surface area contributed by atoms with E-state index in [0.717, 1.165) is 50.8 Å². The highest BCUT2D eigenvalue weighted by Gasteiger charge is 2.21. The highest BCUT2D eigenvalue weighted by Crippen LogP contribution is 2.27.